The van der Waals surface area contributed by atoms with Crippen LogP contribution in [-0.4, -0.2) is 0 Å². The Kier molecular flexibility index (Phi) is 16.8. The third kappa shape index (κ3) is 11.1. The lowest BCUT2D eigenvalue weighted by Gasteiger charge is -2.36. The predicted octanol–water partition coefficient (Wildman–Crippen LogP) is 20.6. The van der Waals surface area contributed by atoms with Crippen LogP contribution >= 0.6 is 0 Å². The molecule has 7 aromatic rings. The zero-order valence-electron chi connectivity index (χ0n) is 45.6. The van der Waals surface area contributed by atoms with E-state index in [-0.39, 0.29) is 5.41 Å². The Morgan fingerprint density at radius 3 is 1.08 bits per heavy atom. The van der Waals surface area contributed by atoms with Crippen molar-refractivity contribution in [2.75, 3.05) is 9.80 Å². The molecule has 0 N–H and O–H groups in total. The maximum Gasteiger partial charge on any atom is 0.0520 e. The third-order valence-electron chi connectivity index (χ3n) is 15.6. The van der Waals surface area contributed by atoms with Gasteiger partial charge in [0, 0.05) is 28.2 Å². The number of rotatable bonds is 22. The van der Waals surface area contributed by atoms with Crippen LogP contribution in [0.3, 0.4) is 0 Å². The average Bonchev–Trinajstić information content (AvgIpc) is 3.62. The van der Waals surface area contributed by atoms with E-state index in [1.807, 2.05) is 0 Å². The summed E-state index contributed by atoms with van der Waals surface area (Å²) in [7, 11) is 0. The molecule has 0 aliphatic heterocycles. The normalized spacial score (nSPS) is 12.5. The maximum atomic E-state index is 2.68. The van der Waals surface area contributed by atoms with Gasteiger partial charge in [-0.3, -0.25) is 0 Å². The van der Waals surface area contributed by atoms with Gasteiger partial charge in [0.15, 0.2) is 0 Å². The zero-order chi connectivity index (χ0) is 50.2. The number of anilines is 6. The lowest BCUT2D eigenvalue weighted by Crippen LogP contribution is -2.28. The average molecular weight is 941 g/mol. The molecule has 0 bridgehead atoms. The van der Waals surface area contributed by atoms with Gasteiger partial charge >= 0.3 is 0 Å². The molecule has 0 saturated carbocycles. The number of aryl methyl sites for hydroxylation is 10. The molecule has 0 spiro atoms. The molecular weight excluding hydrogens is 857 g/mol. The SMILES string of the molecule is CCCCCCc1cc(CCCCCC)cc(C2(CCCCCC)c3cc(N(c4ccc(C)cc4)c4c(C)cc(C)cc4C)ccc3-c3ccc(N(c4ccc(C)cc4)c4c(C)cc(C)cc4C)cc32)c1. The van der Waals surface area contributed by atoms with Gasteiger partial charge in [-0.25, -0.2) is 0 Å². The van der Waals surface area contributed by atoms with Gasteiger partial charge < -0.3 is 9.80 Å². The number of unbranched alkanes of at least 4 members (excludes halogenated alkanes) is 9. The molecule has 8 rings (SSSR count). The Balaban J connectivity index is 1.44. The summed E-state index contributed by atoms with van der Waals surface area (Å²) in [6, 6.07) is 50.9. The minimum Gasteiger partial charge on any atom is -0.310 e. The second-order valence-corrected chi connectivity index (χ2v) is 21.7. The van der Waals surface area contributed by atoms with E-state index in [9.17, 15) is 0 Å². The Labute approximate surface area is 430 Å². The molecule has 1 aliphatic carbocycles. The summed E-state index contributed by atoms with van der Waals surface area (Å²) in [4.78, 5) is 5.12. The Hall–Kier alpha value is -5.86. The molecule has 2 nitrogen and oxygen atoms in total. The molecule has 0 radical (unpaired) electrons. The second kappa shape index (κ2) is 23.1. The molecule has 0 unspecified atom stereocenters. The van der Waals surface area contributed by atoms with Gasteiger partial charge in [0.2, 0.25) is 0 Å². The van der Waals surface area contributed by atoms with Gasteiger partial charge in [0.1, 0.15) is 0 Å². The monoisotopic (exact) mass is 941 g/mol. The van der Waals surface area contributed by atoms with E-state index in [1.54, 1.807) is 0 Å². The molecule has 71 heavy (non-hydrogen) atoms. The first-order chi connectivity index (χ1) is 34.4. The smallest absolute Gasteiger partial charge is 0.0520 e. The first-order valence-corrected chi connectivity index (χ1v) is 27.7. The highest BCUT2D eigenvalue weighted by atomic mass is 15.2. The van der Waals surface area contributed by atoms with Crippen molar-refractivity contribution in [1.29, 1.82) is 0 Å². The summed E-state index contributed by atoms with van der Waals surface area (Å²) >= 11 is 0. The largest absolute Gasteiger partial charge is 0.310 e. The maximum absolute atomic E-state index is 2.68. The van der Waals surface area contributed by atoms with Crippen LogP contribution < -0.4 is 9.80 Å². The number of nitrogens with zero attached hydrogens (tertiary/aromatic N) is 2. The van der Waals surface area contributed by atoms with E-state index in [0.717, 1.165) is 25.7 Å². The summed E-state index contributed by atoms with van der Waals surface area (Å²) in [5, 5.41) is 0. The minimum atomic E-state index is -0.380. The molecule has 0 fully saturated rings. The van der Waals surface area contributed by atoms with Crippen molar-refractivity contribution in [3.63, 3.8) is 0 Å². The van der Waals surface area contributed by atoms with E-state index in [1.165, 1.54) is 188 Å². The second-order valence-electron chi connectivity index (χ2n) is 21.7. The molecule has 7 aromatic carbocycles. The van der Waals surface area contributed by atoms with E-state index in [0.29, 0.717) is 0 Å². The number of hydrogen-bond acceptors (Lipinski definition) is 2. The highest BCUT2D eigenvalue weighted by molar-refractivity contribution is 5.91. The van der Waals surface area contributed by atoms with Crippen molar-refractivity contribution < 1.29 is 0 Å². The van der Waals surface area contributed by atoms with E-state index < -0.39 is 0 Å². The minimum absolute atomic E-state index is 0.380. The number of hydrogen-bond donors (Lipinski definition) is 0. The Morgan fingerprint density at radius 1 is 0.338 bits per heavy atom. The van der Waals surface area contributed by atoms with E-state index >= 15 is 0 Å². The highest BCUT2D eigenvalue weighted by Crippen LogP contribution is 2.58. The van der Waals surface area contributed by atoms with Crippen LogP contribution in [-0.2, 0) is 18.3 Å². The number of fused-ring (bicyclic) bond motifs is 3. The molecular formula is C69H84N2. The van der Waals surface area contributed by atoms with Crippen LogP contribution in [0.25, 0.3) is 11.1 Å². The van der Waals surface area contributed by atoms with Crippen molar-refractivity contribution in [3.05, 3.63) is 200 Å². The van der Waals surface area contributed by atoms with Gasteiger partial charge in [-0.1, -0.05) is 186 Å². The predicted molar refractivity (Wildman–Crippen MR) is 310 cm³/mol. The van der Waals surface area contributed by atoms with Gasteiger partial charge in [0.25, 0.3) is 0 Å². The van der Waals surface area contributed by atoms with Crippen LogP contribution in [0.1, 0.15) is 177 Å². The Morgan fingerprint density at radius 2 is 0.704 bits per heavy atom. The van der Waals surface area contributed by atoms with E-state index in [4.69, 9.17) is 0 Å². The number of benzene rings is 7. The van der Waals surface area contributed by atoms with Crippen LogP contribution in [0.5, 0.6) is 0 Å². The van der Waals surface area contributed by atoms with Crippen molar-refractivity contribution >= 4 is 34.1 Å². The van der Waals surface area contributed by atoms with Crippen molar-refractivity contribution in [1.82, 2.24) is 0 Å². The summed E-state index contributed by atoms with van der Waals surface area (Å²) in [5.74, 6) is 0. The summed E-state index contributed by atoms with van der Waals surface area (Å²) in [6.07, 6.45) is 18.3. The lowest BCUT2D eigenvalue weighted by atomic mass is 9.68. The van der Waals surface area contributed by atoms with Gasteiger partial charge in [0.05, 0.1) is 11.4 Å². The first-order valence-electron chi connectivity index (χ1n) is 27.7. The van der Waals surface area contributed by atoms with Gasteiger partial charge in [-0.05, 0) is 197 Å². The van der Waals surface area contributed by atoms with Crippen LogP contribution in [0.4, 0.5) is 34.1 Å². The summed E-state index contributed by atoms with van der Waals surface area (Å²) < 4.78 is 0. The van der Waals surface area contributed by atoms with Crippen molar-refractivity contribution in [2.24, 2.45) is 0 Å². The standard InChI is InChI=1S/C69H84N2/c1-12-15-18-21-24-56-43-57(25-22-19-16-13-2)45-58(44-56)69(38-23-20-17-14-3)65-46-61(70(59-30-26-48(4)27-31-59)67-52(8)39-50(6)40-53(67)9)34-36-63(65)64-37-35-62(47-66(64)69)71(60-32-28-49(5)29-33-60)68-54(10)41-51(7)42-55(68)11/h26-37,39-47H,12-25,38H2,1-11H3. The van der Waals surface area contributed by atoms with E-state index in [2.05, 4.69) is 213 Å². The third-order valence-corrected chi connectivity index (χ3v) is 15.6. The zero-order valence-corrected chi connectivity index (χ0v) is 45.6. The fraction of sp³-hybridized carbons (Fsp3) is 0.391. The molecule has 370 valence electrons. The van der Waals surface area contributed by atoms with Crippen LogP contribution in [0, 0.1) is 55.4 Å². The Bertz CT molecular complexity index is 2680. The topological polar surface area (TPSA) is 6.48 Å². The molecule has 0 aromatic heterocycles. The highest BCUT2D eigenvalue weighted by Gasteiger charge is 2.45. The van der Waals surface area contributed by atoms with Crippen LogP contribution in [0.2, 0.25) is 0 Å². The molecule has 0 amide bonds. The summed E-state index contributed by atoms with van der Waals surface area (Å²) in [5.41, 5.74) is 27.4. The summed E-state index contributed by atoms with van der Waals surface area (Å²) in [6.45, 7) is 25.0. The quantitative estimate of drug-likeness (QED) is 0.0625. The lowest BCUT2D eigenvalue weighted by molar-refractivity contribution is 0.514. The molecule has 0 saturated heterocycles. The fourth-order valence-corrected chi connectivity index (χ4v) is 12.3. The van der Waals surface area contributed by atoms with Crippen molar-refractivity contribution in [2.45, 2.75) is 178 Å². The van der Waals surface area contributed by atoms with Crippen molar-refractivity contribution in [3.8, 4) is 11.1 Å². The van der Waals surface area contributed by atoms with Gasteiger partial charge in [-0.15, -0.1) is 0 Å². The molecule has 0 atom stereocenters. The molecule has 2 heteroatoms. The van der Waals surface area contributed by atoms with Crippen LogP contribution in [0.15, 0.2) is 127 Å². The molecule has 0 heterocycles. The fourth-order valence-electron chi connectivity index (χ4n) is 12.3. The molecule has 1 aliphatic rings. The van der Waals surface area contributed by atoms with Gasteiger partial charge in [-0.2, -0.15) is 0 Å². The first kappa shape index (κ1) is 51.5.